The number of halogens is 12. The molecule has 4 heterocycles. The molecule has 8 aromatic carbocycles. The fraction of sp³-hybridized carbons (Fsp3) is 0.440. The van der Waals surface area contributed by atoms with Crippen LogP contribution in [0.5, 0.6) is 46.0 Å². The molecule has 0 aliphatic heterocycles. The molecular weight excluding hydrogens is 2770 g/mol. The Labute approximate surface area is 948 Å². The molecule has 12 rings (SSSR count). The summed E-state index contributed by atoms with van der Waals surface area (Å²) in [7, 11) is 0. The van der Waals surface area contributed by atoms with Gasteiger partial charge >= 0.3 is 0 Å². The van der Waals surface area contributed by atoms with Crippen LogP contribution in [0.3, 0.4) is 0 Å². The smallest absolute Gasteiger partial charge is 0.149 e. The number of ether oxygens (including phenoxy) is 8. The predicted molar refractivity (Wildman–Crippen MR) is 613 cm³/mol. The minimum absolute atomic E-state index is 0.103. The van der Waals surface area contributed by atoms with Gasteiger partial charge in [0.05, 0.1) is 116 Å². The lowest BCUT2D eigenvalue weighted by atomic mass is 9.78. The molecule has 4 aromatic heterocycles. The van der Waals surface area contributed by atoms with Gasteiger partial charge in [-0.1, -0.05) is 177 Å². The summed E-state index contributed by atoms with van der Waals surface area (Å²) in [6, 6.07) is 56.9. The van der Waals surface area contributed by atoms with E-state index in [0.717, 1.165) is 59.5 Å². The lowest BCUT2D eigenvalue weighted by Gasteiger charge is -2.27. The van der Waals surface area contributed by atoms with Crippen LogP contribution >= 0.6 is 227 Å². The van der Waals surface area contributed by atoms with Crippen LogP contribution in [0.4, 0.5) is 0 Å². The van der Waals surface area contributed by atoms with E-state index in [1.165, 1.54) is 41.0 Å². The van der Waals surface area contributed by atoms with Crippen molar-refractivity contribution in [2.75, 3.05) is 76.4 Å². The summed E-state index contributed by atoms with van der Waals surface area (Å²) in [5.41, 5.74) is 10.8. The molecule has 0 bridgehead atoms. The van der Waals surface area contributed by atoms with Crippen LogP contribution in [0.15, 0.2) is 170 Å². The Kier molecular flexibility index (Phi) is 49.1. The molecule has 0 aliphatic rings. The van der Waals surface area contributed by atoms with Crippen LogP contribution < -0.4 is 37.9 Å². The molecular formula is C100H120Cl4I8N12O16. The molecule has 0 amide bonds. The fourth-order valence-electron chi connectivity index (χ4n) is 13.9. The number of aliphatic hydroxyl groups is 8. The van der Waals surface area contributed by atoms with Crippen LogP contribution in [-0.4, -0.2) is 202 Å². The highest BCUT2D eigenvalue weighted by Gasteiger charge is 2.31. The Morgan fingerprint density at radius 1 is 0.279 bits per heavy atom. The van der Waals surface area contributed by atoms with E-state index in [9.17, 15) is 40.9 Å². The molecule has 0 fully saturated rings. The molecule has 760 valence electrons. The summed E-state index contributed by atoms with van der Waals surface area (Å²) in [6.07, 6.45) is -3.15. The Bertz CT molecular complexity index is 5140. The lowest BCUT2D eigenvalue weighted by Crippen LogP contribution is -2.25. The predicted octanol–water partition coefficient (Wildman–Crippen LogP) is 20.0. The van der Waals surface area contributed by atoms with Crippen molar-refractivity contribution in [1.29, 1.82) is 0 Å². The van der Waals surface area contributed by atoms with Crippen LogP contribution in [0.25, 0.3) is 0 Å². The molecule has 8 atom stereocenters. The summed E-state index contributed by atoms with van der Waals surface area (Å²) >= 11 is 40.8. The second kappa shape index (κ2) is 57.8. The third-order valence-corrected chi connectivity index (χ3v) is 32.0. The third kappa shape index (κ3) is 34.8. The molecule has 0 unspecified atom stereocenters. The number of alkyl halides is 4. The van der Waals surface area contributed by atoms with Crippen LogP contribution in [0.1, 0.15) is 150 Å². The minimum Gasteiger partial charge on any atom is -0.492 e. The molecule has 0 radical (unpaired) electrons. The SMILES string of the molecule is C[C@@H](CCl)COc1ccc(C(C)(C)c2ccc(OC[C@@H](O)Cn3nnc(I)c3CO)cc2)cc1[123I].C[C@@H](CCl)COc1ccc(C(C)(C)c2ccc(OC[C@H](O)Cn3nnc(I)c3CO)cc2)cc1[123I].C[C@H](CCl)COc1ccc(C(C)(C)c2ccc(OC[C@@H](O)Cn3nnc(I)c3CO)cc2)cc1[123I].C[C@H](CCl)COc1ccc(C(C)(C)c2ccc(OC[C@H](O)Cn3nnc(I)c3CO)cc2)cc1[123I]. The zero-order valence-corrected chi connectivity index (χ0v) is 100.0. The van der Waals surface area contributed by atoms with E-state index in [2.05, 4.69) is 263 Å². The zero-order valence-electron chi connectivity index (χ0n) is 79.7. The van der Waals surface area contributed by atoms with Gasteiger partial charge in [-0.2, -0.15) is 0 Å². The summed E-state index contributed by atoms with van der Waals surface area (Å²) in [5.74, 6) is 9.68. The molecule has 0 aliphatic carbocycles. The second-order valence-corrected chi connectivity index (χ2v) is 46.0. The number of hydrogen-bond donors (Lipinski definition) is 8. The molecule has 12 aromatic rings. The highest BCUT2D eigenvalue weighted by Crippen LogP contribution is 2.41. The first-order valence-electron chi connectivity index (χ1n) is 45.0. The number of rotatable bonds is 48. The quantitative estimate of drug-likeness (QED) is 0.0130. The van der Waals surface area contributed by atoms with Gasteiger partial charge in [0.2, 0.25) is 0 Å². The Balaban J connectivity index is 0.000000209. The second-order valence-electron chi connectivity index (χ2n) is 36.0. The highest BCUT2D eigenvalue weighted by atomic mass is 127. The maximum absolute atomic E-state index is 10.3. The van der Waals surface area contributed by atoms with Crippen molar-refractivity contribution in [3.63, 3.8) is 0 Å². The maximum atomic E-state index is 10.3. The number of nitrogens with zero attached hydrogens (tertiary/aromatic N) is 12. The van der Waals surface area contributed by atoms with Crippen molar-refractivity contribution in [3.05, 3.63) is 266 Å². The highest BCUT2D eigenvalue weighted by molar-refractivity contribution is 14.1. The standard InChI is InChI=1S/4C25H30ClI2N3O4/c4*1-16(11-26)14-35-23-9-6-18(10-21(23)27)25(2,3)17-4-7-20(8-5-17)34-15-19(33)12-31-22(13-32)24(28)29-30-31/h4*4-10,16,19,32-33H,11-15H2,1-3H3/t2*16-,19+;2*16-,19-/m1010/s1/i4*27-4. The number of aliphatic hydroxyl groups excluding tert-OH is 8. The zero-order chi connectivity index (χ0) is 102. The van der Waals surface area contributed by atoms with E-state index in [1.807, 2.05) is 212 Å². The summed E-state index contributed by atoms with van der Waals surface area (Å²) in [6.45, 7) is 28.6. The van der Waals surface area contributed by atoms with Gasteiger partial charge in [0.15, 0.2) is 0 Å². The minimum atomic E-state index is -0.788. The summed E-state index contributed by atoms with van der Waals surface area (Å²) in [4.78, 5) is 0. The first-order valence-corrected chi connectivity index (χ1v) is 55.7. The summed E-state index contributed by atoms with van der Waals surface area (Å²) < 4.78 is 59.6. The van der Waals surface area contributed by atoms with Crippen LogP contribution in [0, 0.1) is 52.8 Å². The van der Waals surface area contributed by atoms with E-state index >= 15 is 0 Å². The molecule has 40 heteroatoms. The molecule has 0 saturated heterocycles. The van der Waals surface area contributed by atoms with E-state index in [0.29, 0.717) is 134 Å². The first-order chi connectivity index (χ1) is 66.6. The maximum Gasteiger partial charge on any atom is 0.149 e. The van der Waals surface area contributed by atoms with Crippen LogP contribution in [-0.2, 0) is 74.3 Å². The average Bonchev–Trinajstić information content (AvgIpc) is 1.55. The number of hydrogen-bond acceptors (Lipinski definition) is 24. The Morgan fingerprint density at radius 3 is 0.607 bits per heavy atom. The molecule has 0 saturated carbocycles. The third-order valence-electron chi connectivity index (χ3n) is 23.1. The molecule has 8 N–H and O–H groups in total. The van der Waals surface area contributed by atoms with Gasteiger partial charge < -0.3 is 78.7 Å². The Hall–Kier alpha value is -4.60. The number of benzene rings is 8. The van der Waals surface area contributed by atoms with Gasteiger partial charge in [-0.25, -0.2) is 18.7 Å². The first kappa shape index (κ1) is 119. The van der Waals surface area contributed by atoms with Gasteiger partial charge in [0.25, 0.3) is 0 Å². The van der Waals surface area contributed by atoms with Gasteiger partial charge in [-0.05, 0) is 322 Å². The van der Waals surface area contributed by atoms with E-state index in [-0.39, 0.29) is 101 Å². The molecule has 0 spiro atoms. The van der Waals surface area contributed by atoms with E-state index in [1.54, 1.807) is 0 Å². The van der Waals surface area contributed by atoms with Crippen molar-refractivity contribution in [2.45, 2.75) is 182 Å². The Morgan fingerprint density at radius 2 is 0.450 bits per heavy atom. The van der Waals surface area contributed by atoms with E-state index in [4.69, 9.17) is 84.3 Å². The largest absolute Gasteiger partial charge is 0.492 e. The number of aromatic nitrogens is 12. The average molecular weight is 2890 g/mol. The van der Waals surface area contributed by atoms with Crippen molar-refractivity contribution in [1.82, 2.24) is 60.0 Å². The molecule has 140 heavy (non-hydrogen) atoms. The fourth-order valence-corrected chi connectivity index (χ4v) is 19.1. The monoisotopic (exact) mass is 2880 g/mol. The van der Waals surface area contributed by atoms with Gasteiger partial charge in [0.1, 0.15) is 112 Å². The van der Waals surface area contributed by atoms with E-state index < -0.39 is 24.4 Å². The lowest BCUT2D eigenvalue weighted by molar-refractivity contribution is 0.0865. The van der Waals surface area contributed by atoms with Crippen LogP contribution in [0.2, 0.25) is 0 Å². The van der Waals surface area contributed by atoms with Crippen molar-refractivity contribution < 1.29 is 78.7 Å². The normalized spacial score (nSPS) is 13.5. The topological polar surface area (TPSA) is 359 Å². The molecule has 28 nitrogen and oxygen atoms in total. The van der Waals surface area contributed by atoms with Gasteiger partial charge in [0, 0.05) is 68.9 Å². The van der Waals surface area contributed by atoms with Gasteiger partial charge in [-0.15, -0.1) is 66.8 Å². The van der Waals surface area contributed by atoms with Crippen molar-refractivity contribution >= 4 is 227 Å². The van der Waals surface area contributed by atoms with Crippen molar-refractivity contribution in [3.8, 4) is 46.0 Å². The van der Waals surface area contributed by atoms with Crippen molar-refractivity contribution in [2.24, 2.45) is 23.7 Å². The van der Waals surface area contributed by atoms with Gasteiger partial charge in [-0.3, -0.25) is 0 Å². The summed E-state index contributed by atoms with van der Waals surface area (Å²) in [5, 5.41) is 111.